The number of benzene rings is 4. The Balaban J connectivity index is 1.56. The molecule has 0 N–H and O–H groups in total. The van der Waals surface area contributed by atoms with Crippen LogP contribution >= 0.6 is 0 Å². The summed E-state index contributed by atoms with van der Waals surface area (Å²) in [6, 6.07) is 36.2. The first kappa shape index (κ1) is 20.5. The first-order chi connectivity index (χ1) is 15.7. The van der Waals surface area contributed by atoms with Crippen LogP contribution in [0.2, 0.25) is 0 Å². The maximum atomic E-state index is 13.9. The van der Waals surface area contributed by atoms with Crippen LogP contribution in [0.25, 0.3) is 0 Å². The number of aryl methyl sites for hydroxylation is 1. The fourth-order valence-electron chi connectivity index (χ4n) is 5.14. The summed E-state index contributed by atoms with van der Waals surface area (Å²) in [4.78, 5) is 13.9. The van der Waals surface area contributed by atoms with Gasteiger partial charge in [0, 0.05) is 17.4 Å². The molecule has 158 valence electrons. The Hall–Kier alpha value is -3.45. The molecule has 0 heterocycles. The van der Waals surface area contributed by atoms with Crippen LogP contribution in [0.1, 0.15) is 56.6 Å². The molecule has 1 aliphatic rings. The summed E-state index contributed by atoms with van der Waals surface area (Å²) in [6.45, 7) is 2.17. The van der Waals surface area contributed by atoms with Crippen molar-refractivity contribution in [2.45, 2.75) is 32.1 Å². The number of carbonyl (C=O) groups is 1. The highest BCUT2D eigenvalue weighted by Crippen LogP contribution is 2.45. The fraction of sp³-hybridized carbons (Fsp3) is 0.194. The molecule has 0 amide bonds. The van der Waals surface area contributed by atoms with Crippen LogP contribution < -0.4 is 0 Å². The van der Waals surface area contributed by atoms with Gasteiger partial charge in [0.25, 0.3) is 0 Å². The van der Waals surface area contributed by atoms with Gasteiger partial charge in [-0.2, -0.15) is 0 Å². The van der Waals surface area contributed by atoms with Crippen molar-refractivity contribution in [3.05, 3.63) is 142 Å². The Kier molecular flexibility index (Phi) is 5.73. The van der Waals surface area contributed by atoms with Crippen LogP contribution in [0.5, 0.6) is 0 Å². The summed E-state index contributed by atoms with van der Waals surface area (Å²) in [7, 11) is 0. The second kappa shape index (κ2) is 8.96. The van der Waals surface area contributed by atoms with Crippen molar-refractivity contribution in [3.8, 4) is 0 Å². The summed E-state index contributed by atoms with van der Waals surface area (Å²) < 4.78 is 0. The first-order valence-corrected chi connectivity index (χ1v) is 11.6. The van der Waals surface area contributed by atoms with Crippen molar-refractivity contribution < 1.29 is 4.79 Å². The quantitative estimate of drug-likeness (QED) is 0.330. The highest BCUT2D eigenvalue weighted by atomic mass is 16.1. The van der Waals surface area contributed by atoms with Gasteiger partial charge in [0.05, 0.1) is 0 Å². The Morgan fingerprint density at radius 1 is 0.656 bits per heavy atom. The number of ketones is 1. The van der Waals surface area contributed by atoms with E-state index in [4.69, 9.17) is 0 Å². The second-order valence-corrected chi connectivity index (χ2v) is 8.78. The second-order valence-electron chi connectivity index (χ2n) is 8.78. The third kappa shape index (κ3) is 3.91. The van der Waals surface area contributed by atoms with Crippen molar-refractivity contribution in [3.63, 3.8) is 0 Å². The van der Waals surface area contributed by atoms with Crippen LogP contribution in [-0.4, -0.2) is 5.78 Å². The predicted octanol–water partition coefficient (Wildman–Crippen LogP) is 7.03. The third-order valence-electron chi connectivity index (χ3n) is 6.79. The molecule has 5 rings (SSSR count). The molecule has 0 aromatic heterocycles. The van der Waals surface area contributed by atoms with E-state index in [2.05, 4.69) is 97.9 Å². The van der Waals surface area contributed by atoms with Gasteiger partial charge in [-0.15, -0.1) is 0 Å². The fourth-order valence-corrected chi connectivity index (χ4v) is 5.14. The largest absolute Gasteiger partial charge is 0.294 e. The average Bonchev–Trinajstić information content (AvgIpc) is 3.13. The molecule has 0 aliphatic heterocycles. The molecule has 0 bridgehead atoms. The Labute approximate surface area is 190 Å². The van der Waals surface area contributed by atoms with Crippen molar-refractivity contribution >= 4 is 5.78 Å². The molecule has 2 unspecified atom stereocenters. The van der Waals surface area contributed by atoms with Gasteiger partial charge in [-0.3, -0.25) is 4.79 Å². The van der Waals surface area contributed by atoms with E-state index >= 15 is 0 Å². The normalized spacial score (nSPS) is 17.3. The highest BCUT2D eigenvalue weighted by molar-refractivity contribution is 6.05. The molecule has 0 radical (unpaired) electrons. The molecule has 1 heteroatoms. The third-order valence-corrected chi connectivity index (χ3v) is 6.79. The molecule has 0 saturated carbocycles. The molecule has 0 fully saturated rings. The monoisotopic (exact) mass is 416 g/mol. The smallest absolute Gasteiger partial charge is 0.167 e. The summed E-state index contributed by atoms with van der Waals surface area (Å²) in [5.41, 5.74) is 8.32. The maximum absolute atomic E-state index is 13.9. The van der Waals surface area contributed by atoms with Crippen molar-refractivity contribution in [2.24, 2.45) is 5.92 Å². The molecule has 0 saturated heterocycles. The van der Waals surface area contributed by atoms with Gasteiger partial charge < -0.3 is 0 Å². The van der Waals surface area contributed by atoms with Crippen molar-refractivity contribution in [1.82, 2.24) is 0 Å². The van der Waals surface area contributed by atoms with Crippen LogP contribution in [-0.2, 0) is 19.3 Å². The summed E-state index contributed by atoms with van der Waals surface area (Å²) in [5.74, 6) is 0.318. The Bertz CT molecular complexity index is 1210. The molecule has 4 aromatic rings. The predicted molar refractivity (Wildman–Crippen MR) is 131 cm³/mol. The molecule has 2 atom stereocenters. The van der Waals surface area contributed by atoms with Crippen LogP contribution in [0, 0.1) is 5.92 Å². The molecule has 1 aliphatic carbocycles. The molecule has 32 heavy (non-hydrogen) atoms. The molecular formula is C31H28O. The van der Waals surface area contributed by atoms with Gasteiger partial charge in [0.1, 0.15) is 0 Å². The SMILES string of the molecule is CCc1ccc(Cc2cccc3c2C(=O)C(Cc2ccccc2)C3c2ccccc2)cc1. The number of Topliss-reactive ketones (excluding diaryl/α,β-unsaturated/α-hetero) is 1. The lowest BCUT2D eigenvalue weighted by molar-refractivity contribution is 0.0928. The maximum Gasteiger partial charge on any atom is 0.167 e. The van der Waals surface area contributed by atoms with Gasteiger partial charge in [0.2, 0.25) is 0 Å². The lowest BCUT2D eigenvalue weighted by atomic mass is 9.82. The molecule has 4 aromatic carbocycles. The van der Waals surface area contributed by atoms with Gasteiger partial charge >= 0.3 is 0 Å². The zero-order chi connectivity index (χ0) is 21.9. The van der Waals surface area contributed by atoms with E-state index in [0.29, 0.717) is 5.78 Å². The van der Waals surface area contributed by atoms with E-state index in [1.807, 2.05) is 12.1 Å². The highest BCUT2D eigenvalue weighted by Gasteiger charge is 2.41. The number of hydrogen-bond acceptors (Lipinski definition) is 1. The van der Waals surface area contributed by atoms with Crippen molar-refractivity contribution in [1.29, 1.82) is 0 Å². The topological polar surface area (TPSA) is 17.1 Å². The standard InChI is InChI=1S/C31H28O/c1-2-22-16-18-24(19-17-22)20-26-14-9-15-27-29(25-12-7-4-8-13-25)28(31(32)30(26)27)21-23-10-5-3-6-11-23/h3-19,28-29H,2,20-21H2,1H3. The van der Waals surface area contributed by atoms with Crippen LogP contribution in [0.4, 0.5) is 0 Å². The van der Waals surface area contributed by atoms with E-state index in [-0.39, 0.29) is 11.8 Å². The Morgan fingerprint density at radius 3 is 2.00 bits per heavy atom. The van der Waals surface area contributed by atoms with Gasteiger partial charge in [-0.25, -0.2) is 0 Å². The number of rotatable bonds is 6. The Morgan fingerprint density at radius 2 is 1.31 bits per heavy atom. The summed E-state index contributed by atoms with van der Waals surface area (Å²) >= 11 is 0. The lowest BCUT2D eigenvalue weighted by Crippen LogP contribution is -2.18. The van der Waals surface area contributed by atoms with Gasteiger partial charge in [-0.05, 0) is 52.6 Å². The zero-order valence-electron chi connectivity index (χ0n) is 18.5. The van der Waals surface area contributed by atoms with E-state index < -0.39 is 0 Å². The van der Waals surface area contributed by atoms with E-state index in [1.165, 1.54) is 27.8 Å². The minimum atomic E-state index is -0.0709. The summed E-state index contributed by atoms with van der Waals surface area (Å²) in [5, 5.41) is 0. The lowest BCUT2D eigenvalue weighted by Gasteiger charge is -2.20. The average molecular weight is 417 g/mol. The van der Waals surface area contributed by atoms with Gasteiger partial charge in [0.15, 0.2) is 5.78 Å². The van der Waals surface area contributed by atoms with E-state index in [1.54, 1.807) is 0 Å². The zero-order valence-corrected chi connectivity index (χ0v) is 18.5. The van der Waals surface area contributed by atoms with Crippen LogP contribution in [0.3, 0.4) is 0 Å². The van der Waals surface area contributed by atoms with E-state index in [9.17, 15) is 4.79 Å². The number of fused-ring (bicyclic) bond motifs is 1. The minimum absolute atomic E-state index is 0.0709. The molecule has 0 spiro atoms. The van der Waals surface area contributed by atoms with Gasteiger partial charge in [-0.1, -0.05) is 110 Å². The minimum Gasteiger partial charge on any atom is -0.294 e. The van der Waals surface area contributed by atoms with Crippen LogP contribution in [0.15, 0.2) is 103 Å². The first-order valence-electron chi connectivity index (χ1n) is 11.6. The van der Waals surface area contributed by atoms with E-state index in [0.717, 1.165) is 30.4 Å². The summed E-state index contributed by atoms with van der Waals surface area (Å²) in [6.07, 6.45) is 2.59. The van der Waals surface area contributed by atoms with Crippen molar-refractivity contribution in [2.75, 3.05) is 0 Å². The molecule has 1 nitrogen and oxygen atoms in total. The number of carbonyl (C=O) groups excluding carboxylic acids is 1. The molecular weight excluding hydrogens is 388 g/mol. The number of hydrogen-bond donors (Lipinski definition) is 0.